The van der Waals surface area contributed by atoms with Crippen molar-refractivity contribution in [1.82, 2.24) is 24.3 Å². The molecule has 4 rings (SSSR count). The summed E-state index contributed by atoms with van der Waals surface area (Å²) in [5, 5.41) is 0. The largest absolute Gasteiger partial charge is 0.328 e. The zero-order valence-electron chi connectivity index (χ0n) is 16.8. The predicted octanol–water partition coefficient (Wildman–Crippen LogP) is 3.45. The number of likely N-dealkylation sites (tertiary alicyclic amines) is 2. The Morgan fingerprint density at radius 2 is 1.96 bits per heavy atom. The minimum absolute atomic E-state index is 0.714. The van der Waals surface area contributed by atoms with E-state index in [2.05, 4.69) is 44.2 Å². The second kappa shape index (κ2) is 8.53. The first-order valence-corrected chi connectivity index (χ1v) is 10.6. The molecule has 2 aliphatic rings. The first kappa shape index (κ1) is 18.6. The Labute approximate surface area is 163 Å². The van der Waals surface area contributed by atoms with Crippen molar-refractivity contribution in [3.8, 4) is 11.4 Å². The Hall–Kier alpha value is -1.72. The van der Waals surface area contributed by atoms with Gasteiger partial charge in [-0.05, 0) is 76.8 Å². The summed E-state index contributed by atoms with van der Waals surface area (Å²) < 4.78 is 2.41. The maximum atomic E-state index is 4.68. The molecule has 2 aromatic heterocycles. The molecule has 0 bridgehead atoms. The third-order valence-electron chi connectivity index (χ3n) is 6.49. The molecule has 0 saturated carbocycles. The van der Waals surface area contributed by atoms with Crippen molar-refractivity contribution in [2.75, 3.05) is 32.7 Å². The number of rotatable bonds is 5. The normalized spacial score (nSPS) is 23.0. The molecule has 0 radical (unpaired) electrons. The topological polar surface area (TPSA) is 37.2 Å². The Kier molecular flexibility index (Phi) is 5.89. The minimum Gasteiger partial charge on any atom is -0.328 e. The van der Waals surface area contributed by atoms with Gasteiger partial charge in [0.15, 0.2) is 0 Å². The number of hydrogen-bond acceptors (Lipinski definition) is 4. The van der Waals surface area contributed by atoms with E-state index in [1.807, 2.05) is 24.7 Å². The van der Waals surface area contributed by atoms with Crippen LogP contribution in [0.4, 0.5) is 0 Å². The molecular weight excluding hydrogens is 334 g/mol. The molecule has 0 aromatic carbocycles. The van der Waals surface area contributed by atoms with Gasteiger partial charge < -0.3 is 9.47 Å². The average molecular weight is 368 g/mol. The molecule has 4 heterocycles. The molecule has 0 amide bonds. The van der Waals surface area contributed by atoms with Crippen LogP contribution in [0.2, 0.25) is 0 Å². The molecule has 1 atom stereocenters. The summed E-state index contributed by atoms with van der Waals surface area (Å²) in [6.07, 6.45) is 11.1. The molecule has 2 aromatic rings. The maximum Gasteiger partial charge on any atom is 0.141 e. The van der Waals surface area contributed by atoms with Crippen LogP contribution < -0.4 is 0 Å². The Morgan fingerprint density at radius 1 is 1.11 bits per heavy atom. The van der Waals surface area contributed by atoms with Crippen molar-refractivity contribution >= 4 is 0 Å². The zero-order valence-corrected chi connectivity index (χ0v) is 16.8. The van der Waals surface area contributed by atoms with E-state index in [-0.39, 0.29) is 0 Å². The molecule has 2 aliphatic heterocycles. The van der Waals surface area contributed by atoms with Crippen LogP contribution in [0, 0.1) is 12.8 Å². The predicted molar refractivity (Wildman–Crippen MR) is 110 cm³/mol. The monoisotopic (exact) mass is 367 g/mol. The lowest BCUT2D eigenvalue weighted by atomic mass is 9.93. The molecule has 0 aliphatic carbocycles. The lowest BCUT2D eigenvalue weighted by molar-refractivity contribution is 0.0689. The quantitative estimate of drug-likeness (QED) is 0.811. The summed E-state index contributed by atoms with van der Waals surface area (Å²) >= 11 is 0. The van der Waals surface area contributed by atoms with Crippen molar-refractivity contribution in [3.63, 3.8) is 0 Å². The minimum atomic E-state index is 0.714. The van der Waals surface area contributed by atoms with Gasteiger partial charge in [-0.25, -0.2) is 4.98 Å². The van der Waals surface area contributed by atoms with Crippen LogP contribution in [-0.4, -0.2) is 63.1 Å². The van der Waals surface area contributed by atoms with E-state index >= 15 is 0 Å². The first-order chi connectivity index (χ1) is 13.2. The second-order valence-electron chi connectivity index (χ2n) is 8.24. The van der Waals surface area contributed by atoms with E-state index in [1.165, 1.54) is 64.1 Å². The van der Waals surface area contributed by atoms with Crippen molar-refractivity contribution in [3.05, 3.63) is 36.4 Å². The number of piperidine rings is 2. The summed E-state index contributed by atoms with van der Waals surface area (Å²) in [7, 11) is 0. The Balaban J connectivity index is 1.42. The van der Waals surface area contributed by atoms with E-state index in [9.17, 15) is 0 Å². The van der Waals surface area contributed by atoms with Gasteiger partial charge in [-0.1, -0.05) is 6.92 Å². The molecular formula is C22H33N5. The molecule has 0 N–H and O–H groups in total. The highest BCUT2D eigenvalue weighted by Crippen LogP contribution is 2.27. The van der Waals surface area contributed by atoms with Crippen LogP contribution in [-0.2, 0) is 6.54 Å². The van der Waals surface area contributed by atoms with Crippen molar-refractivity contribution < 1.29 is 0 Å². The van der Waals surface area contributed by atoms with Gasteiger partial charge in [0.25, 0.3) is 0 Å². The van der Waals surface area contributed by atoms with Gasteiger partial charge in [0.1, 0.15) is 5.82 Å². The number of pyridine rings is 1. The summed E-state index contributed by atoms with van der Waals surface area (Å²) in [6.45, 7) is 11.8. The molecule has 2 saturated heterocycles. The van der Waals surface area contributed by atoms with Gasteiger partial charge in [-0.2, -0.15) is 0 Å². The summed E-state index contributed by atoms with van der Waals surface area (Å²) in [4.78, 5) is 14.3. The lowest BCUT2D eigenvalue weighted by Gasteiger charge is -2.42. The van der Waals surface area contributed by atoms with Gasteiger partial charge in [0.2, 0.25) is 0 Å². The second-order valence-corrected chi connectivity index (χ2v) is 8.24. The highest BCUT2D eigenvalue weighted by atomic mass is 15.2. The van der Waals surface area contributed by atoms with Crippen LogP contribution >= 0.6 is 0 Å². The van der Waals surface area contributed by atoms with Crippen molar-refractivity contribution in [2.24, 2.45) is 5.92 Å². The summed E-state index contributed by atoms with van der Waals surface area (Å²) in [5.41, 5.74) is 2.37. The molecule has 146 valence electrons. The highest BCUT2D eigenvalue weighted by Gasteiger charge is 2.29. The van der Waals surface area contributed by atoms with E-state index in [0.717, 1.165) is 24.0 Å². The van der Waals surface area contributed by atoms with Crippen LogP contribution in [0.25, 0.3) is 11.4 Å². The zero-order chi connectivity index (χ0) is 18.6. The molecule has 1 unspecified atom stereocenters. The highest BCUT2D eigenvalue weighted by molar-refractivity contribution is 5.54. The SMILES string of the molecule is CCN1CCC(N2CCCC(Cn3c(C)cnc3-c3cccnc3)C2)CC1. The molecule has 2 fully saturated rings. The van der Waals surface area contributed by atoms with Crippen LogP contribution in [0.15, 0.2) is 30.7 Å². The fourth-order valence-corrected chi connectivity index (χ4v) is 4.85. The third kappa shape index (κ3) is 4.25. The number of aromatic nitrogens is 3. The molecule has 0 spiro atoms. The third-order valence-corrected chi connectivity index (χ3v) is 6.49. The molecule has 27 heavy (non-hydrogen) atoms. The van der Waals surface area contributed by atoms with Crippen molar-refractivity contribution in [2.45, 2.75) is 52.1 Å². The Morgan fingerprint density at radius 3 is 2.70 bits per heavy atom. The van der Waals surface area contributed by atoms with Crippen molar-refractivity contribution in [1.29, 1.82) is 0 Å². The van der Waals surface area contributed by atoms with E-state index in [1.54, 1.807) is 0 Å². The van der Waals surface area contributed by atoms with Gasteiger partial charge in [0.05, 0.1) is 0 Å². The standard InChI is InChI=1S/C22H33N5/c1-3-25-12-8-21(9-13-25)26-11-5-6-19(16-26)17-27-18(2)14-24-22(27)20-7-4-10-23-15-20/h4,7,10,14-15,19,21H,3,5-6,8-9,11-13,16-17H2,1-2H3. The van der Waals surface area contributed by atoms with Gasteiger partial charge in [-0.3, -0.25) is 9.88 Å². The van der Waals surface area contributed by atoms with E-state index in [4.69, 9.17) is 0 Å². The molecule has 5 nitrogen and oxygen atoms in total. The Bertz CT molecular complexity index is 718. The maximum absolute atomic E-state index is 4.68. The van der Waals surface area contributed by atoms with Crippen LogP contribution in [0.1, 0.15) is 38.3 Å². The van der Waals surface area contributed by atoms with Crippen LogP contribution in [0.3, 0.4) is 0 Å². The number of nitrogens with zero attached hydrogens (tertiary/aromatic N) is 5. The van der Waals surface area contributed by atoms with Gasteiger partial charge in [-0.15, -0.1) is 0 Å². The number of hydrogen-bond donors (Lipinski definition) is 0. The molecule has 5 heteroatoms. The fraction of sp³-hybridized carbons (Fsp3) is 0.636. The van der Waals surface area contributed by atoms with E-state index in [0.29, 0.717) is 5.92 Å². The van der Waals surface area contributed by atoms with Gasteiger partial charge >= 0.3 is 0 Å². The van der Waals surface area contributed by atoms with Gasteiger partial charge in [0, 0.05) is 49.0 Å². The number of imidazole rings is 1. The summed E-state index contributed by atoms with van der Waals surface area (Å²) in [6, 6.07) is 4.89. The number of aryl methyl sites for hydroxylation is 1. The van der Waals surface area contributed by atoms with Crippen LogP contribution in [0.5, 0.6) is 0 Å². The first-order valence-electron chi connectivity index (χ1n) is 10.6. The lowest BCUT2D eigenvalue weighted by Crippen LogP contribution is -2.48. The fourth-order valence-electron chi connectivity index (χ4n) is 4.85. The summed E-state index contributed by atoms with van der Waals surface area (Å²) in [5.74, 6) is 1.78. The average Bonchev–Trinajstić information content (AvgIpc) is 3.09. The smallest absolute Gasteiger partial charge is 0.141 e. The van der Waals surface area contributed by atoms with E-state index < -0.39 is 0 Å².